The van der Waals surface area contributed by atoms with Gasteiger partial charge in [-0.3, -0.25) is 0 Å². The van der Waals surface area contributed by atoms with Crippen LogP contribution in [0.25, 0.3) is 0 Å². The normalized spacial score (nSPS) is 28.2. The molecule has 1 aliphatic carbocycles. The number of rotatable bonds is 7. The maximum atomic E-state index is 5.51. The molecule has 0 bridgehead atoms. The van der Waals surface area contributed by atoms with E-state index in [1.54, 1.807) is 0 Å². The zero-order valence-electron chi connectivity index (χ0n) is 10.6. The van der Waals surface area contributed by atoms with Gasteiger partial charge in [0.15, 0.2) is 0 Å². The summed E-state index contributed by atoms with van der Waals surface area (Å²) >= 11 is 0. The lowest BCUT2D eigenvalue weighted by Crippen LogP contribution is -2.43. The summed E-state index contributed by atoms with van der Waals surface area (Å²) < 4.78 is 5.51. The Morgan fingerprint density at radius 1 is 1.33 bits per heavy atom. The molecule has 1 fully saturated rings. The monoisotopic (exact) mass is 213 g/mol. The summed E-state index contributed by atoms with van der Waals surface area (Å²) in [6, 6.07) is 1.31. The fraction of sp³-hybridized carbons (Fsp3) is 1.00. The van der Waals surface area contributed by atoms with Crippen molar-refractivity contribution in [3.8, 4) is 0 Å². The van der Waals surface area contributed by atoms with Crippen molar-refractivity contribution in [2.24, 2.45) is 0 Å². The molecule has 1 aliphatic rings. The third-order valence-corrected chi connectivity index (χ3v) is 3.60. The molecule has 1 N–H and O–H groups in total. The molecule has 0 aromatic rings. The molecule has 0 amide bonds. The van der Waals surface area contributed by atoms with Gasteiger partial charge in [-0.1, -0.05) is 26.7 Å². The largest absolute Gasteiger partial charge is 0.380 e. The Morgan fingerprint density at radius 3 is 2.73 bits per heavy atom. The first-order valence-corrected chi connectivity index (χ1v) is 6.60. The Labute approximate surface area is 94.8 Å². The number of methoxy groups -OCH3 is 1. The lowest BCUT2D eigenvalue weighted by Gasteiger charge is -2.25. The van der Waals surface area contributed by atoms with Gasteiger partial charge in [0.2, 0.25) is 0 Å². The predicted octanol–water partition coefficient (Wildman–Crippen LogP) is 3.11. The molecular formula is C13H27NO. The number of hydrogen-bond acceptors (Lipinski definition) is 2. The van der Waals surface area contributed by atoms with E-state index in [4.69, 9.17) is 4.74 Å². The topological polar surface area (TPSA) is 21.3 Å². The van der Waals surface area contributed by atoms with Crippen LogP contribution in [0.15, 0.2) is 0 Å². The molecular weight excluding hydrogens is 186 g/mol. The van der Waals surface area contributed by atoms with Crippen molar-refractivity contribution in [1.82, 2.24) is 5.32 Å². The highest BCUT2D eigenvalue weighted by atomic mass is 16.5. The van der Waals surface area contributed by atoms with Crippen LogP contribution in [0.5, 0.6) is 0 Å². The Hall–Kier alpha value is -0.0800. The quantitative estimate of drug-likeness (QED) is 0.701. The molecule has 3 unspecified atom stereocenters. The molecule has 0 heterocycles. The molecule has 15 heavy (non-hydrogen) atoms. The van der Waals surface area contributed by atoms with E-state index in [2.05, 4.69) is 19.2 Å². The zero-order chi connectivity index (χ0) is 11.1. The summed E-state index contributed by atoms with van der Waals surface area (Å²) in [7, 11) is 1.84. The summed E-state index contributed by atoms with van der Waals surface area (Å²) in [6.07, 6.45) is 9.51. The van der Waals surface area contributed by atoms with Crippen LogP contribution in [0.3, 0.4) is 0 Å². The Bertz CT molecular complexity index is 161. The van der Waals surface area contributed by atoms with E-state index in [9.17, 15) is 0 Å². The zero-order valence-corrected chi connectivity index (χ0v) is 10.6. The van der Waals surface area contributed by atoms with E-state index in [-0.39, 0.29) is 0 Å². The minimum Gasteiger partial charge on any atom is -0.380 e. The molecule has 1 rings (SSSR count). The number of unbranched alkanes of at least 4 members (excludes halogenated alkanes) is 1. The van der Waals surface area contributed by atoms with Gasteiger partial charge in [0.25, 0.3) is 0 Å². The first kappa shape index (κ1) is 13.0. The summed E-state index contributed by atoms with van der Waals surface area (Å²) in [4.78, 5) is 0. The molecule has 0 radical (unpaired) electrons. The second-order valence-electron chi connectivity index (χ2n) is 4.73. The minimum atomic E-state index is 0.459. The first-order chi connectivity index (χ1) is 7.31. The SMILES string of the molecule is CCCCC(CC)NC1CCCC1OC. The second-order valence-corrected chi connectivity index (χ2v) is 4.73. The fourth-order valence-electron chi connectivity index (χ4n) is 2.56. The maximum absolute atomic E-state index is 5.51. The summed E-state index contributed by atoms with van der Waals surface area (Å²) in [5, 5.41) is 3.78. The van der Waals surface area contributed by atoms with Crippen LogP contribution in [0.4, 0.5) is 0 Å². The molecule has 0 aromatic heterocycles. The van der Waals surface area contributed by atoms with E-state index < -0.39 is 0 Å². The third kappa shape index (κ3) is 4.12. The molecule has 90 valence electrons. The van der Waals surface area contributed by atoms with Crippen LogP contribution in [0.2, 0.25) is 0 Å². The molecule has 2 heteroatoms. The number of hydrogen-bond donors (Lipinski definition) is 1. The van der Waals surface area contributed by atoms with Crippen molar-refractivity contribution >= 4 is 0 Å². The Kier molecular flexibility index (Phi) is 6.26. The summed E-state index contributed by atoms with van der Waals surface area (Å²) in [5.74, 6) is 0. The Morgan fingerprint density at radius 2 is 2.13 bits per heavy atom. The highest BCUT2D eigenvalue weighted by molar-refractivity contribution is 4.86. The van der Waals surface area contributed by atoms with Crippen molar-refractivity contribution in [1.29, 1.82) is 0 Å². The smallest absolute Gasteiger partial charge is 0.0724 e. The molecule has 0 aliphatic heterocycles. The van der Waals surface area contributed by atoms with Crippen LogP contribution >= 0.6 is 0 Å². The number of nitrogens with one attached hydrogen (secondary N) is 1. The highest BCUT2D eigenvalue weighted by Crippen LogP contribution is 2.22. The van der Waals surface area contributed by atoms with E-state index in [0.717, 1.165) is 0 Å². The van der Waals surface area contributed by atoms with Gasteiger partial charge in [0.05, 0.1) is 6.10 Å². The number of ether oxygens (including phenoxy) is 1. The minimum absolute atomic E-state index is 0.459. The Balaban J connectivity index is 2.29. The molecule has 1 saturated carbocycles. The molecule has 0 saturated heterocycles. The van der Waals surface area contributed by atoms with Gasteiger partial charge in [0, 0.05) is 19.2 Å². The highest BCUT2D eigenvalue weighted by Gasteiger charge is 2.28. The second kappa shape index (κ2) is 7.24. The van der Waals surface area contributed by atoms with Crippen molar-refractivity contribution in [2.75, 3.05) is 7.11 Å². The fourth-order valence-corrected chi connectivity index (χ4v) is 2.56. The molecule has 3 atom stereocenters. The van der Waals surface area contributed by atoms with Crippen LogP contribution in [0.1, 0.15) is 58.8 Å². The van der Waals surface area contributed by atoms with Gasteiger partial charge < -0.3 is 10.1 Å². The first-order valence-electron chi connectivity index (χ1n) is 6.60. The average molecular weight is 213 g/mol. The van der Waals surface area contributed by atoms with E-state index in [1.807, 2.05) is 7.11 Å². The van der Waals surface area contributed by atoms with Crippen LogP contribution in [0, 0.1) is 0 Å². The molecule has 0 aromatic carbocycles. The summed E-state index contributed by atoms with van der Waals surface area (Å²) in [6.45, 7) is 4.55. The van der Waals surface area contributed by atoms with E-state index in [0.29, 0.717) is 18.2 Å². The predicted molar refractivity (Wildman–Crippen MR) is 65.2 cm³/mol. The van der Waals surface area contributed by atoms with Crippen molar-refractivity contribution < 1.29 is 4.74 Å². The van der Waals surface area contributed by atoms with Crippen LogP contribution in [-0.4, -0.2) is 25.3 Å². The lowest BCUT2D eigenvalue weighted by molar-refractivity contribution is 0.0804. The van der Waals surface area contributed by atoms with E-state index in [1.165, 1.54) is 44.9 Å². The van der Waals surface area contributed by atoms with Crippen molar-refractivity contribution in [3.05, 3.63) is 0 Å². The van der Waals surface area contributed by atoms with Gasteiger partial charge >= 0.3 is 0 Å². The standard InChI is InChI=1S/C13H27NO/c1-4-6-8-11(5-2)14-12-9-7-10-13(12)15-3/h11-14H,4-10H2,1-3H3. The average Bonchev–Trinajstić information content (AvgIpc) is 2.71. The van der Waals surface area contributed by atoms with Gasteiger partial charge in [-0.25, -0.2) is 0 Å². The van der Waals surface area contributed by atoms with Crippen LogP contribution in [-0.2, 0) is 4.74 Å². The van der Waals surface area contributed by atoms with Gasteiger partial charge in [-0.05, 0) is 32.1 Å². The van der Waals surface area contributed by atoms with Gasteiger partial charge in [0.1, 0.15) is 0 Å². The molecule has 2 nitrogen and oxygen atoms in total. The van der Waals surface area contributed by atoms with E-state index >= 15 is 0 Å². The lowest BCUT2D eigenvalue weighted by atomic mass is 10.1. The van der Waals surface area contributed by atoms with Crippen LogP contribution < -0.4 is 5.32 Å². The van der Waals surface area contributed by atoms with Crippen molar-refractivity contribution in [3.63, 3.8) is 0 Å². The summed E-state index contributed by atoms with van der Waals surface area (Å²) in [5.41, 5.74) is 0. The van der Waals surface area contributed by atoms with Gasteiger partial charge in [-0.15, -0.1) is 0 Å². The maximum Gasteiger partial charge on any atom is 0.0724 e. The molecule has 0 spiro atoms. The van der Waals surface area contributed by atoms with Crippen molar-refractivity contribution in [2.45, 2.75) is 77.0 Å². The van der Waals surface area contributed by atoms with Gasteiger partial charge in [-0.2, -0.15) is 0 Å². The third-order valence-electron chi connectivity index (χ3n) is 3.60.